The van der Waals surface area contributed by atoms with Gasteiger partial charge in [0.2, 0.25) is 0 Å². The van der Waals surface area contributed by atoms with Gasteiger partial charge in [0.15, 0.2) is 5.96 Å². The number of benzene rings is 1. The van der Waals surface area contributed by atoms with Gasteiger partial charge in [-0.25, -0.2) is 4.99 Å². The molecule has 27 heavy (non-hydrogen) atoms. The fourth-order valence-electron chi connectivity index (χ4n) is 2.82. The van der Waals surface area contributed by atoms with Crippen LogP contribution in [0.2, 0.25) is 0 Å². The average Bonchev–Trinajstić information content (AvgIpc) is 2.62. The summed E-state index contributed by atoms with van der Waals surface area (Å²) in [6.07, 6.45) is 3.63. The molecule has 0 aromatic heterocycles. The highest BCUT2D eigenvalue weighted by Gasteiger charge is 2.11. The Morgan fingerprint density at radius 1 is 1.30 bits per heavy atom. The normalized spacial score (nSPS) is 12.3. The van der Waals surface area contributed by atoms with Gasteiger partial charge in [-0.3, -0.25) is 0 Å². The molecule has 0 heterocycles. The van der Waals surface area contributed by atoms with Crippen LogP contribution in [0.3, 0.4) is 0 Å². The zero-order chi connectivity index (χ0) is 19.2. The molecule has 0 aliphatic carbocycles. The van der Waals surface area contributed by atoms with E-state index in [1.807, 2.05) is 24.3 Å². The van der Waals surface area contributed by atoms with Crippen molar-refractivity contribution in [1.82, 2.24) is 10.6 Å². The van der Waals surface area contributed by atoms with Crippen molar-refractivity contribution in [2.75, 3.05) is 26.3 Å². The van der Waals surface area contributed by atoms with Crippen LogP contribution in [-0.2, 0) is 6.54 Å². The van der Waals surface area contributed by atoms with E-state index in [4.69, 9.17) is 4.74 Å². The third-order valence-electron chi connectivity index (χ3n) is 3.98. The fourth-order valence-corrected chi connectivity index (χ4v) is 2.82. The van der Waals surface area contributed by atoms with Crippen molar-refractivity contribution in [3.63, 3.8) is 0 Å². The zero-order valence-corrected chi connectivity index (χ0v) is 19.2. The zero-order valence-electron chi connectivity index (χ0n) is 16.9. The van der Waals surface area contributed by atoms with Crippen molar-refractivity contribution >= 4 is 29.9 Å². The molecule has 0 saturated heterocycles. The Bertz CT molecular complexity index is 550. The lowest BCUT2D eigenvalue weighted by Gasteiger charge is -2.20. The van der Waals surface area contributed by atoms with Gasteiger partial charge in [0.1, 0.15) is 12.4 Å². The van der Waals surface area contributed by atoms with Crippen LogP contribution < -0.4 is 15.4 Å². The number of halogens is 1. The minimum Gasteiger partial charge on any atom is -0.489 e. The first-order valence-corrected chi connectivity index (χ1v) is 9.55. The molecule has 1 aromatic rings. The highest BCUT2D eigenvalue weighted by atomic mass is 127. The first-order chi connectivity index (χ1) is 12.6. The Morgan fingerprint density at radius 3 is 2.67 bits per heavy atom. The minimum absolute atomic E-state index is 0. The molecular weight excluding hydrogens is 453 g/mol. The van der Waals surface area contributed by atoms with Gasteiger partial charge in [-0.1, -0.05) is 44.7 Å². The Balaban J connectivity index is 0.00000676. The Morgan fingerprint density at radius 2 is 2.04 bits per heavy atom. The number of aliphatic hydroxyl groups excluding tert-OH is 1. The molecule has 6 heteroatoms. The van der Waals surface area contributed by atoms with E-state index in [2.05, 4.69) is 43.0 Å². The first kappa shape index (κ1) is 25.7. The molecule has 0 amide bonds. The quantitative estimate of drug-likeness (QED) is 0.180. The number of nitrogens with zero attached hydrogens (tertiary/aromatic N) is 1. The maximum atomic E-state index is 9.28. The summed E-state index contributed by atoms with van der Waals surface area (Å²) in [7, 11) is 0. The van der Waals surface area contributed by atoms with Gasteiger partial charge in [-0.2, -0.15) is 0 Å². The average molecular weight is 489 g/mol. The molecule has 0 saturated carbocycles. The number of aliphatic imine (C=N–C) groups is 1. The Kier molecular flexibility index (Phi) is 15.0. The molecule has 0 bridgehead atoms. The monoisotopic (exact) mass is 489 g/mol. The van der Waals surface area contributed by atoms with E-state index in [0.29, 0.717) is 25.0 Å². The SMILES string of the molecule is C=CCOc1ccccc1CN=C(NCC)NCC(CCO)CC(C)C.I. The van der Waals surface area contributed by atoms with Gasteiger partial charge in [0, 0.05) is 25.3 Å². The lowest BCUT2D eigenvalue weighted by atomic mass is 9.94. The summed E-state index contributed by atoms with van der Waals surface area (Å²) in [4.78, 5) is 4.69. The second-order valence-electron chi connectivity index (χ2n) is 6.79. The van der Waals surface area contributed by atoms with Crippen molar-refractivity contribution in [3.8, 4) is 5.75 Å². The smallest absolute Gasteiger partial charge is 0.191 e. The van der Waals surface area contributed by atoms with Crippen LogP contribution in [0.4, 0.5) is 0 Å². The molecule has 154 valence electrons. The van der Waals surface area contributed by atoms with E-state index in [1.165, 1.54) is 0 Å². The molecular formula is C21H36IN3O2. The molecule has 1 rings (SSSR count). The van der Waals surface area contributed by atoms with Crippen LogP contribution in [0.15, 0.2) is 41.9 Å². The predicted molar refractivity (Wildman–Crippen MR) is 125 cm³/mol. The number of ether oxygens (including phenoxy) is 1. The van der Waals surface area contributed by atoms with Crippen molar-refractivity contribution in [2.45, 2.75) is 40.2 Å². The molecule has 0 aliphatic heterocycles. The van der Waals surface area contributed by atoms with Crippen LogP contribution in [-0.4, -0.2) is 37.4 Å². The second kappa shape index (κ2) is 15.7. The maximum absolute atomic E-state index is 9.28. The van der Waals surface area contributed by atoms with Crippen molar-refractivity contribution in [2.24, 2.45) is 16.8 Å². The van der Waals surface area contributed by atoms with E-state index in [9.17, 15) is 5.11 Å². The Hall–Kier alpha value is -1.28. The largest absolute Gasteiger partial charge is 0.489 e. The minimum atomic E-state index is 0. The second-order valence-corrected chi connectivity index (χ2v) is 6.79. The summed E-state index contributed by atoms with van der Waals surface area (Å²) in [6.45, 7) is 13.0. The van der Waals surface area contributed by atoms with E-state index in [1.54, 1.807) is 6.08 Å². The summed E-state index contributed by atoms with van der Waals surface area (Å²) in [5.41, 5.74) is 1.04. The molecule has 1 unspecified atom stereocenters. The molecule has 0 spiro atoms. The lowest BCUT2D eigenvalue weighted by molar-refractivity contribution is 0.243. The van der Waals surface area contributed by atoms with E-state index in [-0.39, 0.29) is 30.6 Å². The van der Waals surface area contributed by atoms with E-state index < -0.39 is 0 Å². The van der Waals surface area contributed by atoms with Gasteiger partial charge in [0.25, 0.3) is 0 Å². The molecule has 5 nitrogen and oxygen atoms in total. The van der Waals surface area contributed by atoms with Crippen molar-refractivity contribution in [3.05, 3.63) is 42.5 Å². The van der Waals surface area contributed by atoms with Crippen LogP contribution in [0.25, 0.3) is 0 Å². The summed E-state index contributed by atoms with van der Waals surface area (Å²) in [5, 5.41) is 16.0. The highest BCUT2D eigenvalue weighted by molar-refractivity contribution is 14.0. The summed E-state index contributed by atoms with van der Waals surface area (Å²) in [5.74, 6) is 2.68. The van der Waals surface area contributed by atoms with Crippen LogP contribution in [0.5, 0.6) is 5.75 Å². The number of nitrogens with one attached hydrogen (secondary N) is 2. The standard InChI is InChI=1S/C21H35N3O2.HI/c1-5-13-26-20-10-8-7-9-19(20)16-24-21(22-6-2)23-15-18(11-12-25)14-17(3)4;/h5,7-10,17-18,25H,1,6,11-16H2,2-4H3,(H2,22,23,24);1H. The highest BCUT2D eigenvalue weighted by Crippen LogP contribution is 2.19. The van der Waals surface area contributed by atoms with Gasteiger partial charge >= 0.3 is 0 Å². The van der Waals surface area contributed by atoms with Crippen LogP contribution >= 0.6 is 24.0 Å². The predicted octanol–water partition coefficient (Wildman–Crippen LogP) is 3.97. The van der Waals surface area contributed by atoms with Crippen molar-refractivity contribution < 1.29 is 9.84 Å². The summed E-state index contributed by atoms with van der Waals surface area (Å²) in [6, 6.07) is 7.93. The van der Waals surface area contributed by atoms with Gasteiger partial charge in [-0.15, -0.1) is 24.0 Å². The molecule has 0 radical (unpaired) electrons. The number of rotatable bonds is 12. The third-order valence-corrected chi connectivity index (χ3v) is 3.98. The fraction of sp³-hybridized carbons (Fsp3) is 0.571. The molecule has 3 N–H and O–H groups in total. The number of hydrogen-bond donors (Lipinski definition) is 3. The van der Waals surface area contributed by atoms with E-state index in [0.717, 1.165) is 43.2 Å². The maximum Gasteiger partial charge on any atom is 0.191 e. The van der Waals surface area contributed by atoms with Gasteiger partial charge in [0.05, 0.1) is 6.54 Å². The summed E-state index contributed by atoms with van der Waals surface area (Å²) < 4.78 is 5.70. The molecule has 0 fully saturated rings. The Labute approximate surface area is 181 Å². The van der Waals surface area contributed by atoms with Gasteiger partial charge < -0.3 is 20.5 Å². The number of para-hydroxylation sites is 1. The van der Waals surface area contributed by atoms with Crippen LogP contribution in [0, 0.1) is 11.8 Å². The number of hydrogen-bond acceptors (Lipinski definition) is 3. The molecule has 0 aliphatic rings. The van der Waals surface area contributed by atoms with Crippen molar-refractivity contribution in [1.29, 1.82) is 0 Å². The topological polar surface area (TPSA) is 65.9 Å². The van der Waals surface area contributed by atoms with Crippen LogP contribution in [0.1, 0.15) is 39.2 Å². The van der Waals surface area contributed by atoms with Gasteiger partial charge in [-0.05, 0) is 37.7 Å². The third kappa shape index (κ3) is 11.2. The molecule has 1 aromatic carbocycles. The number of guanidine groups is 1. The summed E-state index contributed by atoms with van der Waals surface area (Å²) >= 11 is 0. The molecule has 1 atom stereocenters. The first-order valence-electron chi connectivity index (χ1n) is 9.55. The number of aliphatic hydroxyl groups is 1. The lowest BCUT2D eigenvalue weighted by Crippen LogP contribution is -2.40. The van der Waals surface area contributed by atoms with E-state index >= 15 is 0 Å².